The molecule has 1 N–H and O–H groups in total. The lowest BCUT2D eigenvalue weighted by molar-refractivity contribution is 0.476. The predicted molar refractivity (Wildman–Crippen MR) is 111 cm³/mol. The summed E-state index contributed by atoms with van der Waals surface area (Å²) < 4.78 is 46.2. The van der Waals surface area contributed by atoms with Gasteiger partial charge in [-0.05, 0) is 53.4 Å². The fraction of sp³-hybridized carbons (Fsp3) is 0.182. The largest absolute Gasteiger partial charge is 0.456 e. The van der Waals surface area contributed by atoms with E-state index in [-0.39, 0.29) is 27.4 Å². The number of aromatic nitrogens is 1. The first-order valence-corrected chi connectivity index (χ1v) is 10.5. The molecule has 2 aromatic carbocycles. The van der Waals surface area contributed by atoms with Gasteiger partial charge in [-0.15, -0.1) is 0 Å². The molecule has 0 spiro atoms. The van der Waals surface area contributed by atoms with E-state index in [1.165, 1.54) is 24.3 Å². The maximum Gasteiger partial charge on any atom is 0.263 e. The number of rotatable bonds is 5. The lowest BCUT2D eigenvalue weighted by atomic mass is 9.87. The van der Waals surface area contributed by atoms with Gasteiger partial charge in [0.1, 0.15) is 29.2 Å². The molecule has 0 saturated carbocycles. The molecule has 0 bridgehead atoms. The average molecular weight is 425 g/mol. The lowest BCUT2D eigenvalue weighted by Crippen LogP contribution is -2.14. The molecule has 0 atom stereocenters. The molecule has 30 heavy (non-hydrogen) atoms. The van der Waals surface area contributed by atoms with Crippen molar-refractivity contribution in [2.75, 3.05) is 4.72 Å². The third kappa shape index (κ3) is 4.93. The second-order valence-corrected chi connectivity index (χ2v) is 9.30. The predicted octanol–water partition coefficient (Wildman–Crippen LogP) is 4.98. The standard InChI is InChI=1S/C22H20FN3O3S/c1-22(2,3)16-5-4-6-18(12-16)29-20-9-8-19(11-15(20)13-24)30(27,28)26-21-10-7-17(23)14-25-21/h4-12,14H,1-3H3,(H,25,26). The van der Waals surface area contributed by atoms with Crippen molar-refractivity contribution < 1.29 is 17.5 Å². The summed E-state index contributed by atoms with van der Waals surface area (Å²) in [5.74, 6) is 0.168. The maximum atomic E-state index is 13.0. The van der Waals surface area contributed by atoms with Crippen molar-refractivity contribution in [3.8, 4) is 17.6 Å². The molecule has 0 aliphatic heterocycles. The van der Waals surface area contributed by atoms with Crippen LogP contribution in [-0.2, 0) is 15.4 Å². The molecular formula is C22H20FN3O3S. The van der Waals surface area contributed by atoms with E-state index in [1.807, 2.05) is 24.3 Å². The SMILES string of the molecule is CC(C)(C)c1cccc(Oc2ccc(S(=O)(=O)Nc3ccc(F)cn3)cc2C#N)c1. The van der Waals surface area contributed by atoms with Crippen LogP contribution < -0.4 is 9.46 Å². The second kappa shape index (κ2) is 8.13. The zero-order chi connectivity index (χ0) is 21.9. The average Bonchev–Trinajstić information content (AvgIpc) is 2.69. The molecule has 8 heteroatoms. The van der Waals surface area contributed by atoms with Crippen molar-refractivity contribution in [1.29, 1.82) is 5.26 Å². The lowest BCUT2D eigenvalue weighted by Gasteiger charge is -2.20. The third-order valence-electron chi connectivity index (χ3n) is 4.28. The second-order valence-electron chi connectivity index (χ2n) is 7.62. The van der Waals surface area contributed by atoms with E-state index in [2.05, 4.69) is 30.5 Å². The summed E-state index contributed by atoms with van der Waals surface area (Å²) in [6, 6.07) is 15.7. The van der Waals surface area contributed by atoms with E-state index in [9.17, 15) is 18.1 Å². The summed E-state index contributed by atoms with van der Waals surface area (Å²) in [7, 11) is -4.02. The number of pyridine rings is 1. The van der Waals surface area contributed by atoms with Gasteiger partial charge in [0.05, 0.1) is 16.7 Å². The Kier molecular flexibility index (Phi) is 5.76. The highest BCUT2D eigenvalue weighted by Crippen LogP contribution is 2.31. The number of nitriles is 1. The van der Waals surface area contributed by atoms with Crippen LogP contribution in [0.2, 0.25) is 0 Å². The van der Waals surface area contributed by atoms with Gasteiger partial charge >= 0.3 is 0 Å². The molecule has 0 saturated heterocycles. The van der Waals surface area contributed by atoms with Crippen LogP contribution >= 0.6 is 0 Å². The van der Waals surface area contributed by atoms with Crippen LogP contribution in [0.25, 0.3) is 0 Å². The maximum absolute atomic E-state index is 13.0. The molecule has 0 aliphatic rings. The van der Waals surface area contributed by atoms with Crippen molar-refractivity contribution in [2.45, 2.75) is 31.1 Å². The van der Waals surface area contributed by atoms with E-state index in [0.717, 1.165) is 17.8 Å². The van der Waals surface area contributed by atoms with Crippen LogP contribution in [0.15, 0.2) is 65.7 Å². The number of hydrogen-bond acceptors (Lipinski definition) is 5. The monoisotopic (exact) mass is 425 g/mol. The smallest absolute Gasteiger partial charge is 0.263 e. The molecule has 6 nitrogen and oxygen atoms in total. The molecule has 0 amide bonds. The number of hydrogen-bond donors (Lipinski definition) is 1. The molecule has 3 rings (SSSR count). The Balaban J connectivity index is 1.88. The molecule has 154 valence electrons. The third-order valence-corrected chi connectivity index (χ3v) is 5.63. The van der Waals surface area contributed by atoms with Gasteiger partial charge in [0.2, 0.25) is 0 Å². The van der Waals surface area contributed by atoms with E-state index in [0.29, 0.717) is 5.75 Å². The minimum absolute atomic E-state index is 0.0331. The van der Waals surface area contributed by atoms with Crippen LogP contribution in [-0.4, -0.2) is 13.4 Å². The topological polar surface area (TPSA) is 92.1 Å². The van der Waals surface area contributed by atoms with Crippen LogP contribution in [0.3, 0.4) is 0 Å². The number of nitrogens with zero attached hydrogens (tertiary/aromatic N) is 2. The first-order valence-electron chi connectivity index (χ1n) is 9.05. The van der Waals surface area contributed by atoms with E-state index >= 15 is 0 Å². The summed E-state index contributed by atoms with van der Waals surface area (Å²) >= 11 is 0. The van der Waals surface area contributed by atoms with E-state index < -0.39 is 15.8 Å². The molecule has 0 radical (unpaired) electrons. The van der Waals surface area contributed by atoms with Gasteiger partial charge in [0, 0.05) is 0 Å². The number of benzene rings is 2. The molecular weight excluding hydrogens is 405 g/mol. The van der Waals surface area contributed by atoms with Crippen LogP contribution in [0.1, 0.15) is 31.9 Å². The fourth-order valence-corrected chi connectivity index (χ4v) is 3.67. The molecule has 0 fully saturated rings. The molecule has 1 aromatic heterocycles. The highest BCUT2D eigenvalue weighted by Gasteiger charge is 2.19. The number of halogens is 1. The number of sulfonamides is 1. The van der Waals surface area contributed by atoms with Gasteiger partial charge in [-0.3, -0.25) is 4.72 Å². The zero-order valence-corrected chi connectivity index (χ0v) is 17.5. The molecule has 0 unspecified atom stereocenters. The minimum Gasteiger partial charge on any atom is -0.456 e. The van der Waals surface area contributed by atoms with Crippen molar-refractivity contribution in [1.82, 2.24) is 4.98 Å². The Morgan fingerprint density at radius 3 is 2.50 bits per heavy atom. The Bertz CT molecular complexity index is 1210. The Hall–Kier alpha value is -3.44. The van der Waals surface area contributed by atoms with Gasteiger partial charge in [-0.2, -0.15) is 5.26 Å². The Labute approximate surface area is 175 Å². The van der Waals surface area contributed by atoms with E-state index in [1.54, 1.807) is 6.07 Å². The summed E-state index contributed by atoms with van der Waals surface area (Å²) in [5, 5.41) is 9.49. The molecule has 3 aromatic rings. The van der Waals surface area contributed by atoms with Crippen molar-refractivity contribution >= 4 is 15.8 Å². The van der Waals surface area contributed by atoms with Crippen molar-refractivity contribution in [2.24, 2.45) is 0 Å². The summed E-state index contributed by atoms with van der Waals surface area (Å²) in [4.78, 5) is 3.54. The van der Waals surface area contributed by atoms with Crippen LogP contribution in [0, 0.1) is 17.1 Å². The highest BCUT2D eigenvalue weighted by atomic mass is 32.2. The van der Waals surface area contributed by atoms with Gasteiger partial charge in [0.15, 0.2) is 0 Å². The summed E-state index contributed by atoms with van der Waals surface area (Å²) in [6.07, 6.45) is 0.904. The number of nitrogens with one attached hydrogen (secondary N) is 1. The first kappa shape index (κ1) is 21.3. The number of anilines is 1. The van der Waals surface area contributed by atoms with Gasteiger partial charge in [-0.25, -0.2) is 17.8 Å². The summed E-state index contributed by atoms with van der Waals surface area (Å²) in [6.45, 7) is 6.24. The highest BCUT2D eigenvalue weighted by molar-refractivity contribution is 7.92. The number of ether oxygens (including phenoxy) is 1. The van der Waals surface area contributed by atoms with Crippen molar-refractivity contribution in [3.63, 3.8) is 0 Å². The van der Waals surface area contributed by atoms with Gasteiger partial charge in [0.25, 0.3) is 10.0 Å². The van der Waals surface area contributed by atoms with Gasteiger partial charge < -0.3 is 4.74 Å². The fourth-order valence-electron chi connectivity index (χ4n) is 2.64. The Morgan fingerprint density at radius 1 is 1.10 bits per heavy atom. The molecule has 1 heterocycles. The Morgan fingerprint density at radius 2 is 1.87 bits per heavy atom. The minimum atomic E-state index is -4.02. The normalized spacial score (nSPS) is 11.6. The van der Waals surface area contributed by atoms with Gasteiger partial charge in [-0.1, -0.05) is 32.9 Å². The summed E-state index contributed by atoms with van der Waals surface area (Å²) in [5.41, 5.74) is 1.05. The van der Waals surface area contributed by atoms with Crippen molar-refractivity contribution in [3.05, 3.63) is 77.7 Å². The van der Waals surface area contributed by atoms with E-state index in [4.69, 9.17) is 4.74 Å². The van der Waals surface area contributed by atoms with Crippen LogP contribution in [0.5, 0.6) is 11.5 Å². The molecule has 0 aliphatic carbocycles. The quantitative estimate of drug-likeness (QED) is 0.622. The van der Waals surface area contributed by atoms with Crippen LogP contribution in [0.4, 0.5) is 10.2 Å². The zero-order valence-electron chi connectivity index (χ0n) is 16.7. The first-order chi connectivity index (χ1) is 14.1.